The summed E-state index contributed by atoms with van der Waals surface area (Å²) in [5, 5.41) is 2.48. The minimum atomic E-state index is -4.25. The lowest BCUT2D eigenvalue weighted by molar-refractivity contribution is -0.0864. The van der Waals surface area contributed by atoms with Crippen LogP contribution in [0.5, 0.6) is 0 Å². The van der Waals surface area contributed by atoms with E-state index in [0.29, 0.717) is 5.56 Å². The molecule has 0 fully saturated rings. The fourth-order valence-electron chi connectivity index (χ4n) is 2.08. The van der Waals surface area contributed by atoms with E-state index in [1.165, 1.54) is 18.2 Å². The minimum absolute atomic E-state index is 0. The molecule has 0 radical (unpaired) electrons. The van der Waals surface area contributed by atoms with Crippen molar-refractivity contribution >= 4 is 41.3 Å². The number of fused-ring (bicyclic) bond motifs is 1. The van der Waals surface area contributed by atoms with Gasteiger partial charge >= 0.3 is 10.8 Å². The molecule has 0 unspecified atom stereocenters. The molecule has 20 heavy (non-hydrogen) atoms. The monoisotopic (exact) mass is 353 g/mol. The molecule has 0 atom stereocenters. The Labute approximate surface area is 128 Å². The molecule has 1 aromatic carbocycles. The molecular weight excluding hydrogens is 344 g/mol. The van der Waals surface area contributed by atoms with Crippen LogP contribution in [-0.2, 0) is 13.0 Å². The smallest absolute Gasteiger partial charge is 0.351 e. The Morgan fingerprint density at radius 2 is 1.75 bits per heavy atom. The van der Waals surface area contributed by atoms with Crippen LogP contribution < -0.4 is 5.32 Å². The fourth-order valence-corrected chi connectivity index (χ4v) is 2.59. The number of rotatable bonds is 3. The maximum absolute atomic E-state index is 13.4. The first-order valence-corrected chi connectivity index (χ1v) is 6.00. The van der Waals surface area contributed by atoms with Crippen molar-refractivity contribution in [3.63, 3.8) is 0 Å². The van der Waals surface area contributed by atoms with Crippen LogP contribution in [-0.4, -0.2) is 21.4 Å². The van der Waals surface area contributed by atoms with E-state index in [1.54, 1.807) is 0 Å². The highest BCUT2D eigenvalue weighted by atomic mass is 35.5. The molecule has 0 amide bonds. The summed E-state index contributed by atoms with van der Waals surface area (Å²) in [5.74, 6) is 0. The van der Waals surface area contributed by atoms with E-state index in [-0.39, 0.29) is 30.3 Å². The standard InChI is InChI=1S/C11H9Cl2F4NO.ClH/c12-10(14,15)9(11(13,16)17)4-7-3-6(5-19)1-2-8(7)18-9;/h1-3,18-19H,4-5H2;1H. The van der Waals surface area contributed by atoms with Crippen molar-refractivity contribution in [1.29, 1.82) is 0 Å². The Bertz CT molecular complexity index is 487. The second kappa shape index (κ2) is 5.40. The number of nitrogens with one attached hydrogen (secondary N) is 1. The summed E-state index contributed by atoms with van der Waals surface area (Å²) in [6, 6.07) is 4.11. The molecule has 0 aliphatic carbocycles. The Morgan fingerprint density at radius 1 is 1.20 bits per heavy atom. The maximum Gasteiger partial charge on any atom is 0.351 e. The number of alkyl halides is 6. The summed E-state index contributed by atoms with van der Waals surface area (Å²) in [6.45, 7) is -0.325. The number of aliphatic hydroxyl groups is 1. The van der Waals surface area contributed by atoms with Crippen LogP contribution >= 0.6 is 35.6 Å². The van der Waals surface area contributed by atoms with Gasteiger partial charge in [-0.25, -0.2) is 0 Å². The molecule has 2 rings (SSSR count). The number of hydrogen-bond acceptors (Lipinski definition) is 2. The molecule has 0 saturated heterocycles. The fraction of sp³-hybridized carbons (Fsp3) is 0.455. The lowest BCUT2D eigenvalue weighted by Gasteiger charge is -2.36. The van der Waals surface area contributed by atoms with Crippen molar-refractivity contribution in [3.8, 4) is 0 Å². The Morgan fingerprint density at radius 3 is 2.20 bits per heavy atom. The van der Waals surface area contributed by atoms with Crippen molar-refractivity contribution in [3.05, 3.63) is 29.3 Å². The van der Waals surface area contributed by atoms with Crippen LogP contribution in [0.25, 0.3) is 0 Å². The maximum atomic E-state index is 13.4. The van der Waals surface area contributed by atoms with Crippen molar-refractivity contribution < 1.29 is 22.7 Å². The van der Waals surface area contributed by atoms with E-state index >= 15 is 0 Å². The lowest BCUT2D eigenvalue weighted by atomic mass is 9.95. The number of aliphatic hydroxyl groups excluding tert-OH is 1. The van der Waals surface area contributed by atoms with Gasteiger partial charge in [-0.15, -0.1) is 12.4 Å². The summed E-state index contributed by atoms with van der Waals surface area (Å²) in [6.07, 6.45) is -0.747. The number of halogens is 7. The third-order valence-corrected chi connectivity index (χ3v) is 3.77. The van der Waals surface area contributed by atoms with Gasteiger partial charge in [0.2, 0.25) is 0 Å². The molecule has 114 valence electrons. The highest BCUT2D eigenvalue weighted by Crippen LogP contribution is 2.53. The van der Waals surface area contributed by atoms with Gasteiger partial charge in [0.05, 0.1) is 6.61 Å². The van der Waals surface area contributed by atoms with Gasteiger partial charge in [-0.1, -0.05) is 12.1 Å². The molecule has 2 nitrogen and oxygen atoms in total. The van der Waals surface area contributed by atoms with Crippen molar-refractivity contribution in [2.24, 2.45) is 0 Å². The second-order valence-corrected chi connectivity index (χ2v) is 5.30. The highest BCUT2D eigenvalue weighted by Gasteiger charge is 2.69. The molecule has 1 aliphatic heterocycles. The van der Waals surface area contributed by atoms with Crippen LogP contribution in [0, 0.1) is 0 Å². The van der Waals surface area contributed by atoms with Gasteiger partial charge in [-0.3, -0.25) is 0 Å². The van der Waals surface area contributed by atoms with Crippen LogP contribution in [0.4, 0.5) is 23.2 Å². The first kappa shape index (κ1) is 17.6. The molecule has 1 aliphatic rings. The minimum Gasteiger partial charge on any atom is -0.392 e. The molecule has 0 saturated carbocycles. The Kier molecular flexibility index (Phi) is 4.76. The molecule has 0 bridgehead atoms. The van der Waals surface area contributed by atoms with Gasteiger partial charge in [-0.05, 0) is 40.4 Å². The quantitative estimate of drug-likeness (QED) is 0.636. The van der Waals surface area contributed by atoms with E-state index in [1.807, 2.05) is 5.32 Å². The van der Waals surface area contributed by atoms with Gasteiger partial charge in [0.15, 0.2) is 5.54 Å². The summed E-state index contributed by atoms with van der Waals surface area (Å²) in [4.78, 5) is 0. The molecule has 1 heterocycles. The topological polar surface area (TPSA) is 32.3 Å². The van der Waals surface area contributed by atoms with E-state index in [4.69, 9.17) is 28.3 Å². The molecular formula is C11H10Cl3F4NO. The molecule has 2 N–H and O–H groups in total. The van der Waals surface area contributed by atoms with Gasteiger partial charge in [0.1, 0.15) is 0 Å². The predicted octanol–water partition coefficient (Wildman–Crippen LogP) is 3.97. The zero-order chi connectivity index (χ0) is 14.5. The third kappa shape index (κ3) is 2.66. The van der Waals surface area contributed by atoms with Crippen LogP contribution in [0.1, 0.15) is 11.1 Å². The van der Waals surface area contributed by atoms with Crippen LogP contribution in [0.3, 0.4) is 0 Å². The normalized spacial score (nSPS) is 17.1. The zero-order valence-corrected chi connectivity index (χ0v) is 12.1. The van der Waals surface area contributed by atoms with Crippen LogP contribution in [0.15, 0.2) is 18.2 Å². The number of hydrogen-bond donors (Lipinski definition) is 2. The number of benzene rings is 1. The van der Waals surface area contributed by atoms with Gasteiger partial charge in [-0.2, -0.15) is 17.6 Å². The number of anilines is 1. The summed E-state index contributed by atoms with van der Waals surface area (Å²) < 4.78 is 53.7. The van der Waals surface area contributed by atoms with E-state index in [9.17, 15) is 17.6 Å². The van der Waals surface area contributed by atoms with Gasteiger partial charge < -0.3 is 10.4 Å². The summed E-state index contributed by atoms with van der Waals surface area (Å²) >= 11 is 9.67. The lowest BCUT2D eigenvalue weighted by Crippen LogP contribution is -2.60. The van der Waals surface area contributed by atoms with Crippen molar-refractivity contribution in [2.45, 2.75) is 29.3 Å². The van der Waals surface area contributed by atoms with Gasteiger partial charge in [0, 0.05) is 12.1 Å². The molecule has 9 heteroatoms. The largest absolute Gasteiger partial charge is 0.392 e. The summed E-state index contributed by atoms with van der Waals surface area (Å²) in [5.41, 5.74) is -2.38. The Balaban J connectivity index is 0.00000200. The molecule has 1 aromatic rings. The Hall–Kier alpha value is -0.430. The SMILES string of the molecule is Cl.OCc1ccc2c(c1)CC(C(F)(F)Cl)(C(F)(F)Cl)N2. The third-order valence-electron chi connectivity index (χ3n) is 3.12. The first-order valence-electron chi connectivity index (χ1n) is 5.25. The van der Waals surface area contributed by atoms with Crippen LogP contribution in [0.2, 0.25) is 0 Å². The van der Waals surface area contributed by atoms with E-state index < -0.39 is 22.7 Å². The van der Waals surface area contributed by atoms with Crippen molar-refractivity contribution in [2.75, 3.05) is 5.32 Å². The first-order chi connectivity index (χ1) is 8.61. The summed E-state index contributed by atoms with van der Waals surface area (Å²) in [7, 11) is 0. The van der Waals surface area contributed by atoms with E-state index in [2.05, 4.69) is 0 Å². The zero-order valence-electron chi connectivity index (χ0n) is 9.77. The van der Waals surface area contributed by atoms with E-state index in [0.717, 1.165) is 0 Å². The highest BCUT2D eigenvalue weighted by molar-refractivity contribution is 6.27. The predicted molar refractivity (Wildman–Crippen MR) is 71.3 cm³/mol. The average Bonchev–Trinajstić information content (AvgIpc) is 2.66. The molecule has 0 aromatic heterocycles. The van der Waals surface area contributed by atoms with Gasteiger partial charge in [0.25, 0.3) is 0 Å². The van der Waals surface area contributed by atoms with Crippen molar-refractivity contribution in [1.82, 2.24) is 0 Å². The second-order valence-electron chi connectivity index (χ2n) is 4.35. The average molecular weight is 355 g/mol. The molecule has 0 spiro atoms.